The van der Waals surface area contributed by atoms with Crippen LogP contribution in [0.3, 0.4) is 0 Å². The van der Waals surface area contributed by atoms with Crippen LogP contribution in [0.15, 0.2) is 29.4 Å². The highest BCUT2D eigenvalue weighted by atomic mass is 32.2. The molecule has 9 heteroatoms. The van der Waals surface area contributed by atoms with E-state index in [2.05, 4.69) is 25.8 Å². The molecule has 3 aromatic rings. The summed E-state index contributed by atoms with van der Waals surface area (Å²) < 4.78 is 1.85. The Labute approximate surface area is 142 Å². The SMILES string of the molecule is CC(C)CNC(=O)NC(=O)CSc1n[nH]c2nc3ccccc3n12. The molecule has 0 bridgehead atoms. The average Bonchev–Trinajstić information content (AvgIpc) is 3.10. The molecule has 0 unspecified atom stereocenters. The summed E-state index contributed by atoms with van der Waals surface area (Å²) in [6, 6.07) is 7.21. The van der Waals surface area contributed by atoms with E-state index in [9.17, 15) is 9.59 Å². The number of imide groups is 1. The molecule has 0 saturated heterocycles. The second-order valence-corrected chi connectivity index (χ2v) is 6.65. The maximum Gasteiger partial charge on any atom is 0.321 e. The maximum atomic E-state index is 11.9. The Morgan fingerprint density at radius 1 is 1.33 bits per heavy atom. The van der Waals surface area contributed by atoms with Crippen LogP contribution in [-0.2, 0) is 4.79 Å². The van der Waals surface area contributed by atoms with E-state index in [0.717, 1.165) is 11.0 Å². The van der Waals surface area contributed by atoms with Crippen molar-refractivity contribution < 1.29 is 9.59 Å². The molecule has 126 valence electrons. The summed E-state index contributed by atoms with van der Waals surface area (Å²) >= 11 is 1.24. The van der Waals surface area contributed by atoms with Crippen LogP contribution in [0.2, 0.25) is 0 Å². The highest BCUT2D eigenvalue weighted by molar-refractivity contribution is 7.99. The van der Waals surface area contributed by atoms with Crippen molar-refractivity contribution in [2.24, 2.45) is 5.92 Å². The highest BCUT2D eigenvalue weighted by Crippen LogP contribution is 2.22. The fourth-order valence-corrected chi connectivity index (χ4v) is 2.93. The maximum absolute atomic E-state index is 11.9. The number of thioether (sulfide) groups is 1. The van der Waals surface area contributed by atoms with Gasteiger partial charge in [0.05, 0.1) is 16.8 Å². The molecule has 2 aromatic heterocycles. The molecule has 8 nitrogen and oxygen atoms in total. The zero-order valence-electron chi connectivity index (χ0n) is 13.4. The van der Waals surface area contributed by atoms with Crippen molar-refractivity contribution in [1.82, 2.24) is 30.2 Å². The lowest BCUT2D eigenvalue weighted by Gasteiger charge is -2.08. The van der Waals surface area contributed by atoms with Gasteiger partial charge >= 0.3 is 6.03 Å². The number of nitrogens with zero attached hydrogens (tertiary/aromatic N) is 3. The number of para-hydroxylation sites is 2. The number of fused-ring (bicyclic) bond motifs is 3. The largest absolute Gasteiger partial charge is 0.338 e. The molecule has 0 atom stereocenters. The number of benzene rings is 1. The lowest BCUT2D eigenvalue weighted by atomic mass is 10.2. The summed E-state index contributed by atoms with van der Waals surface area (Å²) in [4.78, 5) is 27.9. The lowest BCUT2D eigenvalue weighted by Crippen LogP contribution is -2.41. The van der Waals surface area contributed by atoms with Crippen LogP contribution in [0.1, 0.15) is 13.8 Å². The van der Waals surface area contributed by atoms with Gasteiger partial charge in [0.25, 0.3) is 0 Å². The Bertz CT molecular complexity index is 884. The second-order valence-electron chi connectivity index (χ2n) is 5.71. The summed E-state index contributed by atoms with van der Waals surface area (Å²) in [5.74, 6) is 0.657. The van der Waals surface area contributed by atoms with Gasteiger partial charge in [-0.25, -0.2) is 14.9 Å². The van der Waals surface area contributed by atoms with Crippen molar-refractivity contribution in [2.45, 2.75) is 19.0 Å². The van der Waals surface area contributed by atoms with E-state index >= 15 is 0 Å². The summed E-state index contributed by atoms with van der Waals surface area (Å²) in [6.45, 7) is 4.49. The quantitative estimate of drug-likeness (QED) is 0.611. The topological polar surface area (TPSA) is 104 Å². The van der Waals surface area contributed by atoms with Crippen LogP contribution < -0.4 is 10.6 Å². The number of carbonyl (C=O) groups is 2. The number of hydrogen-bond acceptors (Lipinski definition) is 5. The fraction of sp³-hybridized carbons (Fsp3) is 0.333. The third kappa shape index (κ3) is 3.51. The molecule has 3 N–H and O–H groups in total. The molecule has 0 radical (unpaired) electrons. The molecule has 24 heavy (non-hydrogen) atoms. The van der Waals surface area contributed by atoms with Crippen LogP contribution in [0, 0.1) is 5.92 Å². The van der Waals surface area contributed by atoms with Gasteiger partial charge in [-0.1, -0.05) is 37.7 Å². The predicted molar refractivity (Wildman–Crippen MR) is 91.9 cm³/mol. The van der Waals surface area contributed by atoms with Crippen LogP contribution >= 0.6 is 11.8 Å². The molecule has 0 aliphatic carbocycles. The Kier molecular flexibility index (Phi) is 4.70. The Hall–Kier alpha value is -2.55. The Morgan fingerprint density at radius 2 is 2.12 bits per heavy atom. The molecule has 0 fully saturated rings. The van der Waals surface area contributed by atoms with E-state index in [1.807, 2.05) is 42.5 Å². The lowest BCUT2D eigenvalue weighted by molar-refractivity contribution is -0.117. The van der Waals surface area contributed by atoms with Crippen LogP contribution in [0.5, 0.6) is 0 Å². The van der Waals surface area contributed by atoms with E-state index in [1.165, 1.54) is 11.8 Å². The zero-order valence-corrected chi connectivity index (χ0v) is 14.2. The van der Waals surface area contributed by atoms with Gasteiger partial charge < -0.3 is 5.32 Å². The summed E-state index contributed by atoms with van der Waals surface area (Å²) in [5, 5.41) is 12.6. The molecular formula is C15H18N6O2S. The second kappa shape index (κ2) is 6.91. The van der Waals surface area contributed by atoms with Gasteiger partial charge in [-0.3, -0.25) is 14.5 Å². The number of urea groups is 1. The molecule has 3 rings (SSSR count). The third-order valence-electron chi connectivity index (χ3n) is 3.26. The monoisotopic (exact) mass is 346 g/mol. The average molecular weight is 346 g/mol. The van der Waals surface area contributed by atoms with Crippen molar-refractivity contribution >= 4 is 40.5 Å². The number of carbonyl (C=O) groups excluding carboxylic acids is 2. The minimum atomic E-state index is -0.477. The van der Waals surface area contributed by atoms with E-state index < -0.39 is 6.03 Å². The minimum absolute atomic E-state index is 0.0849. The Morgan fingerprint density at radius 3 is 2.92 bits per heavy atom. The molecule has 0 saturated carbocycles. The normalized spacial score (nSPS) is 11.3. The van der Waals surface area contributed by atoms with Crippen LogP contribution in [0.4, 0.5) is 4.79 Å². The highest BCUT2D eigenvalue weighted by Gasteiger charge is 2.14. The zero-order chi connectivity index (χ0) is 17.1. The van der Waals surface area contributed by atoms with Gasteiger partial charge in [0.1, 0.15) is 0 Å². The van der Waals surface area contributed by atoms with Gasteiger partial charge in [0.2, 0.25) is 11.7 Å². The number of rotatable bonds is 5. The predicted octanol–water partition coefficient (Wildman–Crippen LogP) is 1.78. The van der Waals surface area contributed by atoms with Gasteiger partial charge in [-0.05, 0) is 18.1 Å². The van der Waals surface area contributed by atoms with Crippen molar-refractivity contribution in [3.63, 3.8) is 0 Å². The first-order chi connectivity index (χ1) is 11.5. The molecule has 1 aromatic carbocycles. The molecular weight excluding hydrogens is 328 g/mol. The number of amides is 3. The first-order valence-corrected chi connectivity index (χ1v) is 8.55. The van der Waals surface area contributed by atoms with Gasteiger partial charge in [-0.2, -0.15) is 0 Å². The number of aromatic amines is 1. The van der Waals surface area contributed by atoms with Crippen LogP contribution in [0.25, 0.3) is 16.8 Å². The summed E-state index contributed by atoms with van der Waals surface area (Å²) in [5.41, 5.74) is 1.77. The molecule has 0 aliphatic heterocycles. The standard InChI is InChI=1S/C15H18N6O2S/c1-9(2)7-16-14(23)18-12(22)8-24-15-20-19-13-17-10-5-3-4-6-11(10)21(13)15/h3-6,9H,7-8H2,1-2H3,(H,17,19)(H2,16,18,22,23). The first-order valence-electron chi connectivity index (χ1n) is 7.56. The number of aromatic nitrogens is 4. The first kappa shape index (κ1) is 16.3. The summed E-state index contributed by atoms with van der Waals surface area (Å²) in [7, 11) is 0. The van der Waals surface area contributed by atoms with E-state index in [1.54, 1.807) is 0 Å². The summed E-state index contributed by atoms with van der Waals surface area (Å²) in [6.07, 6.45) is 0. The van der Waals surface area contributed by atoms with E-state index in [4.69, 9.17) is 0 Å². The molecule has 0 aliphatic rings. The van der Waals surface area contributed by atoms with Gasteiger partial charge in [-0.15, -0.1) is 5.10 Å². The molecule has 3 amide bonds. The number of H-pyrrole nitrogens is 1. The minimum Gasteiger partial charge on any atom is -0.338 e. The van der Waals surface area contributed by atoms with Crippen molar-refractivity contribution in [2.75, 3.05) is 12.3 Å². The van der Waals surface area contributed by atoms with Crippen molar-refractivity contribution in [3.05, 3.63) is 24.3 Å². The van der Waals surface area contributed by atoms with Gasteiger partial charge in [0.15, 0.2) is 5.16 Å². The number of hydrogen-bond donors (Lipinski definition) is 3. The van der Waals surface area contributed by atoms with E-state index in [-0.39, 0.29) is 11.7 Å². The van der Waals surface area contributed by atoms with Gasteiger partial charge in [0, 0.05) is 6.54 Å². The van der Waals surface area contributed by atoms with Crippen molar-refractivity contribution in [1.29, 1.82) is 0 Å². The number of nitrogens with one attached hydrogen (secondary N) is 3. The third-order valence-corrected chi connectivity index (χ3v) is 4.20. The van der Waals surface area contributed by atoms with E-state index in [0.29, 0.717) is 23.4 Å². The molecule has 2 heterocycles. The van der Waals surface area contributed by atoms with Crippen molar-refractivity contribution in [3.8, 4) is 0 Å². The fourth-order valence-electron chi connectivity index (χ4n) is 2.17. The van der Waals surface area contributed by atoms with Crippen LogP contribution in [-0.4, -0.2) is 43.8 Å². The smallest absolute Gasteiger partial charge is 0.321 e. The number of imidazole rings is 1. The molecule has 0 spiro atoms. The Balaban J connectivity index is 1.63.